The Hall–Kier alpha value is -2.11. The van der Waals surface area contributed by atoms with Gasteiger partial charge in [0.2, 0.25) is 5.91 Å². The van der Waals surface area contributed by atoms with Crippen molar-refractivity contribution >= 4 is 5.91 Å². The van der Waals surface area contributed by atoms with Gasteiger partial charge in [0.25, 0.3) is 0 Å². The highest BCUT2D eigenvalue weighted by atomic mass is 16.2. The van der Waals surface area contributed by atoms with Crippen LogP contribution < -0.4 is 0 Å². The summed E-state index contributed by atoms with van der Waals surface area (Å²) < 4.78 is 1.94. The molecule has 112 valence electrons. The van der Waals surface area contributed by atoms with Gasteiger partial charge >= 0.3 is 0 Å². The van der Waals surface area contributed by atoms with Crippen LogP contribution in [0.2, 0.25) is 0 Å². The van der Waals surface area contributed by atoms with E-state index < -0.39 is 0 Å². The normalized spacial score (nSPS) is 18.4. The molecule has 1 saturated heterocycles. The van der Waals surface area contributed by atoms with E-state index in [1.54, 1.807) is 6.20 Å². The first-order valence-corrected chi connectivity index (χ1v) is 7.46. The summed E-state index contributed by atoms with van der Waals surface area (Å²) in [5.74, 6) is 2.45. The van der Waals surface area contributed by atoms with Crippen LogP contribution >= 0.6 is 0 Å². The van der Waals surface area contributed by atoms with Gasteiger partial charge in [0.05, 0.1) is 0 Å². The Kier molecular flexibility index (Phi) is 3.77. The lowest BCUT2D eigenvalue weighted by atomic mass is 10.1. The highest BCUT2D eigenvalue weighted by Gasteiger charge is 2.29. The molecule has 3 heterocycles. The predicted molar refractivity (Wildman–Crippen MR) is 78.9 cm³/mol. The first-order valence-electron chi connectivity index (χ1n) is 7.46. The molecule has 0 saturated carbocycles. The number of aryl methyl sites for hydroxylation is 2. The molecule has 21 heavy (non-hydrogen) atoms. The number of likely N-dealkylation sites (tertiary alicyclic amines) is 1. The van der Waals surface area contributed by atoms with Crippen LogP contribution in [0.3, 0.4) is 0 Å². The molecule has 1 aliphatic rings. The minimum Gasteiger partial charge on any atom is -0.346 e. The van der Waals surface area contributed by atoms with Crippen LogP contribution in [0, 0.1) is 6.92 Å². The Morgan fingerprint density at radius 3 is 3.05 bits per heavy atom. The maximum Gasteiger partial charge on any atom is 0.242 e. The molecule has 6 heteroatoms. The highest BCUT2D eigenvalue weighted by Crippen LogP contribution is 2.25. The third-order valence-corrected chi connectivity index (χ3v) is 4.07. The van der Waals surface area contributed by atoms with E-state index >= 15 is 0 Å². The first kappa shape index (κ1) is 13.9. The van der Waals surface area contributed by atoms with Gasteiger partial charge in [0.15, 0.2) is 0 Å². The summed E-state index contributed by atoms with van der Waals surface area (Å²) in [5.41, 5.74) is 1.07. The smallest absolute Gasteiger partial charge is 0.242 e. The molecule has 1 aliphatic heterocycles. The van der Waals surface area contributed by atoms with E-state index in [0.717, 1.165) is 43.3 Å². The number of carbonyl (C=O) groups is 1. The number of nitrogens with one attached hydrogen (secondary N) is 1. The molecule has 0 radical (unpaired) electrons. The van der Waals surface area contributed by atoms with E-state index in [1.165, 1.54) is 0 Å². The fourth-order valence-corrected chi connectivity index (χ4v) is 2.89. The van der Waals surface area contributed by atoms with Crippen LogP contribution in [0.5, 0.6) is 0 Å². The summed E-state index contributed by atoms with van der Waals surface area (Å²) in [5, 5.41) is 0. The lowest BCUT2D eigenvalue weighted by molar-refractivity contribution is -0.130. The molecule has 2 aromatic heterocycles. The van der Waals surface area contributed by atoms with Gasteiger partial charge in [-0.05, 0) is 13.3 Å². The number of carbonyl (C=O) groups excluding carboxylic acids is 1. The zero-order valence-corrected chi connectivity index (χ0v) is 12.5. The predicted octanol–water partition coefficient (Wildman–Crippen LogP) is 1.49. The highest BCUT2D eigenvalue weighted by molar-refractivity contribution is 5.76. The van der Waals surface area contributed by atoms with Crippen LogP contribution in [0.1, 0.15) is 36.6 Å². The van der Waals surface area contributed by atoms with Gasteiger partial charge < -0.3 is 14.5 Å². The second kappa shape index (κ2) is 5.71. The molecule has 1 amide bonds. The molecule has 1 fully saturated rings. The quantitative estimate of drug-likeness (QED) is 0.926. The summed E-state index contributed by atoms with van der Waals surface area (Å²) in [4.78, 5) is 26.3. The van der Waals surface area contributed by atoms with Crippen molar-refractivity contribution in [2.45, 2.75) is 39.2 Å². The average molecular weight is 287 g/mol. The molecular weight excluding hydrogens is 266 g/mol. The molecule has 1 atom stereocenters. The zero-order chi connectivity index (χ0) is 14.8. The number of H-pyrrole nitrogens is 1. The van der Waals surface area contributed by atoms with Crippen LogP contribution in [0.4, 0.5) is 0 Å². The van der Waals surface area contributed by atoms with Gasteiger partial charge in [-0.1, -0.05) is 6.92 Å². The van der Waals surface area contributed by atoms with Crippen molar-refractivity contribution in [2.24, 2.45) is 0 Å². The van der Waals surface area contributed by atoms with E-state index in [1.807, 2.05) is 28.8 Å². The van der Waals surface area contributed by atoms with Gasteiger partial charge in [-0.3, -0.25) is 4.79 Å². The van der Waals surface area contributed by atoms with Crippen LogP contribution in [-0.4, -0.2) is 43.4 Å². The third-order valence-electron chi connectivity index (χ3n) is 4.07. The molecule has 3 rings (SSSR count). The molecule has 0 aromatic carbocycles. The number of aromatic amines is 1. The van der Waals surface area contributed by atoms with E-state index in [0.29, 0.717) is 12.5 Å². The lowest BCUT2D eigenvalue weighted by Gasteiger charge is -2.17. The molecule has 1 unspecified atom stereocenters. The largest absolute Gasteiger partial charge is 0.346 e. The van der Waals surface area contributed by atoms with Crippen LogP contribution in [-0.2, 0) is 17.8 Å². The monoisotopic (exact) mass is 287 g/mol. The minimum atomic E-state index is 0.161. The van der Waals surface area contributed by atoms with Crippen molar-refractivity contribution in [1.82, 2.24) is 24.4 Å². The number of hydrogen-bond donors (Lipinski definition) is 1. The molecular formula is C15H21N5O. The molecule has 0 aliphatic carbocycles. The lowest BCUT2D eigenvalue weighted by Crippen LogP contribution is -2.32. The Morgan fingerprint density at radius 1 is 1.48 bits per heavy atom. The minimum absolute atomic E-state index is 0.161. The van der Waals surface area contributed by atoms with Crippen molar-refractivity contribution in [3.63, 3.8) is 0 Å². The third kappa shape index (κ3) is 2.84. The maximum atomic E-state index is 12.4. The molecule has 0 spiro atoms. The van der Waals surface area contributed by atoms with Crippen molar-refractivity contribution in [3.05, 3.63) is 35.9 Å². The fraction of sp³-hybridized carbons (Fsp3) is 0.533. The van der Waals surface area contributed by atoms with Gasteiger partial charge in [-0.2, -0.15) is 0 Å². The second-order valence-corrected chi connectivity index (χ2v) is 5.60. The van der Waals surface area contributed by atoms with Gasteiger partial charge in [-0.15, -0.1) is 0 Å². The topological polar surface area (TPSA) is 66.8 Å². The van der Waals surface area contributed by atoms with Gasteiger partial charge in [-0.25, -0.2) is 9.97 Å². The summed E-state index contributed by atoms with van der Waals surface area (Å²) >= 11 is 0. The van der Waals surface area contributed by atoms with E-state index in [-0.39, 0.29) is 5.91 Å². The average Bonchev–Trinajstić information content (AvgIpc) is 3.17. The maximum absolute atomic E-state index is 12.4. The number of hydrogen-bond acceptors (Lipinski definition) is 3. The Labute approximate surface area is 124 Å². The fourth-order valence-electron chi connectivity index (χ4n) is 2.89. The zero-order valence-electron chi connectivity index (χ0n) is 12.5. The Morgan fingerprint density at radius 2 is 2.33 bits per heavy atom. The van der Waals surface area contributed by atoms with Crippen LogP contribution in [0.25, 0.3) is 0 Å². The van der Waals surface area contributed by atoms with Crippen molar-refractivity contribution in [3.8, 4) is 0 Å². The van der Waals surface area contributed by atoms with E-state index in [4.69, 9.17) is 0 Å². The molecule has 0 bridgehead atoms. The molecule has 1 N–H and O–H groups in total. The van der Waals surface area contributed by atoms with Crippen LogP contribution in [0.15, 0.2) is 18.6 Å². The van der Waals surface area contributed by atoms with Gasteiger partial charge in [0, 0.05) is 49.7 Å². The molecule has 2 aromatic rings. The number of nitrogens with zero attached hydrogens (tertiary/aromatic N) is 4. The summed E-state index contributed by atoms with van der Waals surface area (Å²) in [7, 11) is 0. The van der Waals surface area contributed by atoms with Crippen molar-refractivity contribution < 1.29 is 4.79 Å². The number of amides is 1. The summed E-state index contributed by atoms with van der Waals surface area (Å²) in [6.45, 7) is 5.99. The second-order valence-electron chi connectivity index (χ2n) is 5.60. The summed E-state index contributed by atoms with van der Waals surface area (Å²) in [6.07, 6.45) is 7.29. The van der Waals surface area contributed by atoms with E-state index in [2.05, 4.69) is 21.9 Å². The number of rotatable bonds is 4. The Balaban J connectivity index is 1.62. The van der Waals surface area contributed by atoms with Crippen molar-refractivity contribution in [2.75, 3.05) is 13.1 Å². The summed E-state index contributed by atoms with van der Waals surface area (Å²) in [6, 6.07) is 0. The Bertz CT molecular complexity index is 630. The van der Waals surface area contributed by atoms with E-state index in [9.17, 15) is 4.79 Å². The van der Waals surface area contributed by atoms with Gasteiger partial charge in [0.1, 0.15) is 18.2 Å². The number of imidazole rings is 2. The van der Waals surface area contributed by atoms with Crippen molar-refractivity contribution in [1.29, 1.82) is 0 Å². The first-order chi connectivity index (χ1) is 10.2. The molecule has 6 nitrogen and oxygen atoms in total. The number of aromatic nitrogens is 4. The SMILES string of the molecule is CCc1nccn1CC(=O)N1CCC(c2ncc(C)[nH]2)C1. The standard InChI is InChI=1S/C15H21N5O/c1-3-13-16-5-7-19(13)10-14(21)20-6-4-12(9-20)15-17-8-11(2)18-15/h5,7-8,12H,3-4,6,9-10H2,1-2H3,(H,17,18).